The molecule has 2 aromatic rings. The van der Waals surface area contributed by atoms with Crippen LogP contribution in [0.1, 0.15) is 20.8 Å². The number of nitrogens with one attached hydrogen (secondary N) is 3. The van der Waals surface area contributed by atoms with E-state index in [-0.39, 0.29) is 38.5 Å². The Bertz CT molecular complexity index is 914. The maximum absolute atomic E-state index is 15.0. The summed E-state index contributed by atoms with van der Waals surface area (Å²) < 4.78 is 56.5. The second-order valence-electron chi connectivity index (χ2n) is 7.70. The van der Waals surface area contributed by atoms with Gasteiger partial charge < -0.3 is 16.0 Å². The molecule has 2 aromatic heterocycles. The fourth-order valence-corrected chi connectivity index (χ4v) is 3.59. The monoisotopic (exact) mass is 451 g/mol. The Morgan fingerprint density at radius 3 is 2.38 bits per heavy atom. The Morgan fingerprint density at radius 2 is 1.79 bits per heavy atom. The van der Waals surface area contributed by atoms with Crippen molar-refractivity contribution in [2.24, 2.45) is 5.41 Å². The Labute approximate surface area is 175 Å². The zero-order valence-electron chi connectivity index (χ0n) is 15.8. The Morgan fingerprint density at radius 1 is 1.14 bits per heavy atom. The number of alkyl halides is 3. The van der Waals surface area contributed by atoms with Gasteiger partial charge in [-0.05, 0) is 11.5 Å². The topological polar surface area (TPSA) is 61.9 Å². The van der Waals surface area contributed by atoms with Crippen LogP contribution in [0.5, 0.6) is 0 Å². The zero-order chi connectivity index (χ0) is 21.6. The van der Waals surface area contributed by atoms with Gasteiger partial charge in [-0.1, -0.05) is 44.0 Å². The van der Waals surface area contributed by atoms with Crippen molar-refractivity contribution in [1.82, 2.24) is 9.97 Å². The van der Waals surface area contributed by atoms with Crippen LogP contribution in [0.2, 0.25) is 10.0 Å². The molecule has 0 unspecified atom stereocenters. The van der Waals surface area contributed by atoms with Crippen LogP contribution in [0.4, 0.5) is 34.8 Å². The van der Waals surface area contributed by atoms with Gasteiger partial charge in [-0.25, -0.2) is 0 Å². The van der Waals surface area contributed by atoms with Crippen molar-refractivity contribution >= 4 is 40.4 Å². The van der Waals surface area contributed by atoms with Gasteiger partial charge in [-0.15, -0.1) is 0 Å². The van der Waals surface area contributed by atoms with E-state index in [1.54, 1.807) is 0 Å². The van der Waals surface area contributed by atoms with Gasteiger partial charge in [0.25, 0.3) is 0 Å². The second-order valence-corrected chi connectivity index (χ2v) is 8.54. The lowest BCUT2D eigenvalue weighted by atomic mass is 9.85. The summed E-state index contributed by atoms with van der Waals surface area (Å²) in [6.07, 6.45) is -3.36. The quantitative estimate of drug-likeness (QED) is 0.405. The van der Waals surface area contributed by atoms with Crippen molar-refractivity contribution in [3.63, 3.8) is 0 Å². The van der Waals surface area contributed by atoms with Gasteiger partial charge in [0.15, 0.2) is 5.82 Å². The van der Waals surface area contributed by atoms with Crippen LogP contribution in [0.25, 0.3) is 11.3 Å². The van der Waals surface area contributed by atoms with Gasteiger partial charge in [0.05, 0.1) is 27.0 Å². The van der Waals surface area contributed by atoms with E-state index in [0.717, 1.165) is 0 Å². The number of rotatable bonds is 3. The molecule has 3 N–H and O–H groups in total. The molecule has 3 heterocycles. The number of hydrogen-bond acceptors (Lipinski definition) is 5. The van der Waals surface area contributed by atoms with E-state index >= 15 is 4.39 Å². The molecular formula is C18H19Cl2F4N5. The average Bonchev–Trinajstić information content (AvgIpc) is 2.58. The summed E-state index contributed by atoms with van der Waals surface area (Å²) in [5.74, 6) is -0.895. The molecule has 0 aromatic carbocycles. The molecule has 1 aliphatic heterocycles. The first-order chi connectivity index (χ1) is 13.4. The van der Waals surface area contributed by atoms with Crippen LogP contribution in [0.15, 0.2) is 12.3 Å². The smallest absolute Gasteiger partial charge is 0.379 e. The zero-order valence-corrected chi connectivity index (χ0v) is 17.3. The molecule has 0 spiro atoms. The molecule has 158 valence electrons. The maximum Gasteiger partial charge on any atom is 0.409 e. The lowest BCUT2D eigenvalue weighted by molar-refractivity contribution is -0.161. The summed E-state index contributed by atoms with van der Waals surface area (Å²) in [4.78, 5) is 7.89. The highest BCUT2D eigenvalue weighted by atomic mass is 35.5. The first-order valence-electron chi connectivity index (χ1n) is 8.75. The van der Waals surface area contributed by atoms with E-state index in [2.05, 4.69) is 25.9 Å². The van der Waals surface area contributed by atoms with E-state index in [0.29, 0.717) is 13.1 Å². The summed E-state index contributed by atoms with van der Waals surface area (Å²) in [5.41, 5.74) is -1.44. The molecule has 5 nitrogen and oxygen atoms in total. The van der Waals surface area contributed by atoms with Gasteiger partial charge in [0.1, 0.15) is 11.7 Å². The number of hydrogen-bond donors (Lipinski definition) is 3. The molecule has 0 saturated carbocycles. The molecule has 29 heavy (non-hydrogen) atoms. The van der Waals surface area contributed by atoms with Gasteiger partial charge >= 0.3 is 6.18 Å². The van der Waals surface area contributed by atoms with E-state index in [9.17, 15) is 13.2 Å². The molecule has 0 saturated heterocycles. The number of anilines is 3. The van der Waals surface area contributed by atoms with Crippen molar-refractivity contribution in [3.05, 3.63) is 28.3 Å². The van der Waals surface area contributed by atoms with Crippen molar-refractivity contribution in [3.8, 4) is 11.3 Å². The fraction of sp³-hybridized carbons (Fsp3) is 0.444. The minimum absolute atomic E-state index is 0.00992. The van der Waals surface area contributed by atoms with E-state index < -0.39 is 23.6 Å². The standard InChI is InChI=1S/C18H19Cl2F4N5/c1-17(2,3)16(18(22,23)24)28-12-10(11-9(20)6-8(19)7-27-11)14(21)29-15-13(12)25-4-5-26-15/h6-7,16,25H,4-5H2,1-3H3,(H2,26,28,29)/t16-/m0/s1. The number of aromatic nitrogens is 2. The lowest BCUT2D eigenvalue weighted by Crippen LogP contribution is -2.46. The Kier molecular flexibility index (Phi) is 5.75. The predicted molar refractivity (Wildman–Crippen MR) is 107 cm³/mol. The minimum atomic E-state index is -4.60. The third-order valence-electron chi connectivity index (χ3n) is 4.40. The summed E-state index contributed by atoms with van der Waals surface area (Å²) in [6, 6.07) is -0.639. The molecule has 0 radical (unpaired) electrons. The highest BCUT2D eigenvalue weighted by Gasteiger charge is 2.48. The lowest BCUT2D eigenvalue weighted by Gasteiger charge is -2.35. The molecule has 3 rings (SSSR count). The van der Waals surface area contributed by atoms with Gasteiger partial charge in [0.2, 0.25) is 5.95 Å². The third-order valence-corrected chi connectivity index (χ3v) is 4.89. The fourth-order valence-electron chi connectivity index (χ4n) is 3.12. The van der Waals surface area contributed by atoms with Crippen LogP contribution in [-0.2, 0) is 0 Å². The third kappa shape index (κ3) is 4.45. The van der Waals surface area contributed by atoms with Crippen LogP contribution in [0, 0.1) is 11.4 Å². The molecule has 0 bridgehead atoms. The first-order valence-corrected chi connectivity index (χ1v) is 9.51. The van der Waals surface area contributed by atoms with Crippen molar-refractivity contribution in [2.45, 2.75) is 33.0 Å². The maximum atomic E-state index is 15.0. The van der Waals surface area contributed by atoms with Crippen molar-refractivity contribution < 1.29 is 17.6 Å². The van der Waals surface area contributed by atoms with Gasteiger partial charge in [-0.2, -0.15) is 22.5 Å². The number of fused-ring (bicyclic) bond motifs is 1. The number of halogens is 6. The predicted octanol–water partition coefficient (Wildman–Crippen LogP) is 5.82. The molecule has 0 aliphatic carbocycles. The second kappa shape index (κ2) is 7.68. The SMILES string of the molecule is CC(C)(C)[C@H](Nc1c2c(nc(F)c1-c1ncc(Cl)cc1Cl)NCCN2)C(F)(F)F. The Balaban J connectivity index is 2.27. The summed E-state index contributed by atoms with van der Waals surface area (Å²) in [5, 5.41) is 8.58. The minimum Gasteiger partial charge on any atom is -0.379 e. The summed E-state index contributed by atoms with van der Waals surface area (Å²) >= 11 is 12.0. The number of nitrogens with zero attached hydrogens (tertiary/aromatic N) is 2. The highest BCUT2D eigenvalue weighted by molar-refractivity contribution is 6.36. The molecule has 11 heteroatoms. The molecule has 1 atom stereocenters. The van der Waals surface area contributed by atoms with E-state index in [4.69, 9.17) is 23.2 Å². The highest BCUT2D eigenvalue weighted by Crippen LogP contribution is 2.45. The molecular weight excluding hydrogens is 433 g/mol. The molecule has 1 aliphatic rings. The largest absolute Gasteiger partial charge is 0.409 e. The van der Waals surface area contributed by atoms with E-state index in [1.165, 1.54) is 33.0 Å². The Hall–Kier alpha value is -2.00. The molecule has 0 amide bonds. The average molecular weight is 452 g/mol. The van der Waals surface area contributed by atoms with Gasteiger partial charge in [0, 0.05) is 19.3 Å². The van der Waals surface area contributed by atoms with Gasteiger partial charge in [-0.3, -0.25) is 4.98 Å². The van der Waals surface area contributed by atoms with Crippen LogP contribution < -0.4 is 16.0 Å². The van der Waals surface area contributed by atoms with Crippen LogP contribution in [-0.4, -0.2) is 35.3 Å². The normalized spacial score (nSPS) is 15.2. The van der Waals surface area contributed by atoms with Crippen LogP contribution in [0.3, 0.4) is 0 Å². The molecule has 0 fully saturated rings. The van der Waals surface area contributed by atoms with Crippen LogP contribution >= 0.6 is 23.2 Å². The first kappa shape index (κ1) is 21.7. The summed E-state index contributed by atoms with van der Waals surface area (Å²) in [7, 11) is 0. The van der Waals surface area contributed by atoms with Crippen molar-refractivity contribution in [2.75, 3.05) is 29.0 Å². The number of pyridine rings is 2. The van der Waals surface area contributed by atoms with E-state index in [1.807, 2.05) is 0 Å². The summed E-state index contributed by atoms with van der Waals surface area (Å²) in [6.45, 7) is 5.20. The van der Waals surface area contributed by atoms with Crippen molar-refractivity contribution in [1.29, 1.82) is 0 Å².